The summed E-state index contributed by atoms with van der Waals surface area (Å²) in [5.74, 6) is 0.164. The first kappa shape index (κ1) is 18.2. The van der Waals surface area contributed by atoms with Crippen molar-refractivity contribution < 1.29 is 14.0 Å². The van der Waals surface area contributed by atoms with Gasteiger partial charge in [-0.3, -0.25) is 9.59 Å². The largest absolute Gasteiger partial charge is 0.472 e. The Labute approximate surface area is 163 Å². The SMILES string of the molecule is CC1CCN(C(=O)C2CCN(C(=O)c3ccoc3)CC2)c2ccccc2S1. The molecule has 1 atom stereocenters. The molecule has 4 rings (SSSR count). The molecule has 1 saturated heterocycles. The van der Waals surface area contributed by atoms with E-state index < -0.39 is 0 Å². The Morgan fingerprint density at radius 3 is 2.59 bits per heavy atom. The van der Waals surface area contributed by atoms with Crippen LogP contribution in [0.3, 0.4) is 0 Å². The molecule has 5 nitrogen and oxygen atoms in total. The Balaban J connectivity index is 1.44. The molecule has 0 bridgehead atoms. The number of hydrogen-bond acceptors (Lipinski definition) is 4. The average Bonchev–Trinajstić information content (AvgIpc) is 3.17. The summed E-state index contributed by atoms with van der Waals surface area (Å²) in [6.07, 6.45) is 5.41. The Morgan fingerprint density at radius 1 is 1.07 bits per heavy atom. The molecule has 2 amide bonds. The zero-order valence-electron chi connectivity index (χ0n) is 15.5. The third-order valence-electron chi connectivity index (χ3n) is 5.41. The van der Waals surface area contributed by atoms with Crippen LogP contribution in [0.4, 0.5) is 5.69 Å². The topological polar surface area (TPSA) is 53.8 Å². The van der Waals surface area contributed by atoms with E-state index in [-0.39, 0.29) is 17.7 Å². The van der Waals surface area contributed by atoms with Gasteiger partial charge in [-0.15, -0.1) is 11.8 Å². The lowest BCUT2D eigenvalue weighted by molar-refractivity contribution is -0.123. The van der Waals surface area contributed by atoms with E-state index in [4.69, 9.17) is 4.42 Å². The number of anilines is 1. The van der Waals surface area contributed by atoms with Gasteiger partial charge in [0.1, 0.15) is 6.26 Å². The van der Waals surface area contributed by atoms with Crippen LogP contribution in [0, 0.1) is 5.92 Å². The molecule has 2 aliphatic rings. The second-order valence-electron chi connectivity index (χ2n) is 7.25. The van der Waals surface area contributed by atoms with E-state index in [1.165, 1.54) is 17.4 Å². The van der Waals surface area contributed by atoms with Crippen molar-refractivity contribution in [3.63, 3.8) is 0 Å². The quantitative estimate of drug-likeness (QED) is 0.784. The Bertz CT molecular complexity index is 813. The summed E-state index contributed by atoms with van der Waals surface area (Å²) >= 11 is 1.85. The van der Waals surface area contributed by atoms with Crippen molar-refractivity contribution in [1.82, 2.24) is 4.90 Å². The van der Waals surface area contributed by atoms with E-state index in [2.05, 4.69) is 19.1 Å². The van der Waals surface area contributed by atoms with Gasteiger partial charge in [0, 0.05) is 35.7 Å². The lowest BCUT2D eigenvalue weighted by atomic mass is 9.94. The van der Waals surface area contributed by atoms with Gasteiger partial charge < -0.3 is 14.2 Å². The molecule has 1 aromatic heterocycles. The number of furan rings is 1. The molecule has 27 heavy (non-hydrogen) atoms. The Hall–Kier alpha value is -2.21. The van der Waals surface area contributed by atoms with Crippen LogP contribution in [0.25, 0.3) is 0 Å². The van der Waals surface area contributed by atoms with Gasteiger partial charge in [0.15, 0.2) is 0 Å². The van der Waals surface area contributed by atoms with Crippen molar-refractivity contribution in [2.24, 2.45) is 5.92 Å². The summed E-state index contributed by atoms with van der Waals surface area (Å²) < 4.78 is 5.01. The van der Waals surface area contributed by atoms with Gasteiger partial charge in [-0.1, -0.05) is 19.1 Å². The average molecular weight is 385 g/mol. The number of carbonyl (C=O) groups excluding carboxylic acids is 2. The summed E-state index contributed by atoms with van der Waals surface area (Å²) in [5, 5.41) is 0.498. The molecule has 0 aliphatic carbocycles. The maximum atomic E-state index is 13.3. The third kappa shape index (κ3) is 3.76. The number of amides is 2. The van der Waals surface area contributed by atoms with Gasteiger partial charge >= 0.3 is 0 Å². The van der Waals surface area contributed by atoms with Gasteiger partial charge in [0.2, 0.25) is 5.91 Å². The summed E-state index contributed by atoms with van der Waals surface area (Å²) in [7, 11) is 0. The number of rotatable bonds is 2. The van der Waals surface area contributed by atoms with Crippen molar-refractivity contribution in [2.75, 3.05) is 24.5 Å². The third-order valence-corrected chi connectivity index (χ3v) is 6.65. The molecule has 142 valence electrons. The number of piperidine rings is 1. The molecule has 0 radical (unpaired) electrons. The van der Waals surface area contributed by atoms with E-state index >= 15 is 0 Å². The number of nitrogens with zero attached hydrogens (tertiary/aromatic N) is 2. The lowest BCUT2D eigenvalue weighted by Gasteiger charge is -2.34. The molecule has 3 heterocycles. The first-order valence-electron chi connectivity index (χ1n) is 9.52. The summed E-state index contributed by atoms with van der Waals surface area (Å²) in [4.78, 5) is 30.7. The predicted octanol–water partition coefficient (Wildman–Crippen LogP) is 4.05. The van der Waals surface area contributed by atoms with Gasteiger partial charge in [-0.05, 0) is 37.5 Å². The van der Waals surface area contributed by atoms with Crippen LogP contribution in [-0.2, 0) is 4.79 Å². The minimum atomic E-state index is -0.0233. The van der Waals surface area contributed by atoms with Gasteiger partial charge in [0.05, 0.1) is 17.5 Å². The Morgan fingerprint density at radius 2 is 1.85 bits per heavy atom. The number of fused-ring (bicyclic) bond motifs is 1. The highest BCUT2D eigenvalue weighted by atomic mass is 32.2. The minimum Gasteiger partial charge on any atom is -0.472 e. The lowest BCUT2D eigenvalue weighted by Crippen LogP contribution is -2.44. The van der Waals surface area contributed by atoms with Gasteiger partial charge in [0.25, 0.3) is 5.91 Å². The maximum Gasteiger partial charge on any atom is 0.257 e. The van der Waals surface area contributed by atoms with Crippen molar-refractivity contribution in [3.8, 4) is 0 Å². The number of benzene rings is 1. The van der Waals surface area contributed by atoms with Crippen LogP contribution in [0.1, 0.15) is 36.5 Å². The minimum absolute atomic E-state index is 0.0139. The monoisotopic (exact) mass is 384 g/mol. The van der Waals surface area contributed by atoms with Gasteiger partial charge in [-0.25, -0.2) is 0 Å². The molecule has 0 N–H and O–H groups in total. The standard InChI is InChI=1S/C21H24N2O3S/c1-15-6-12-23(18-4-2-3-5-19(18)27-15)21(25)16-7-10-22(11-8-16)20(24)17-9-13-26-14-17/h2-5,9,13-16H,6-8,10-12H2,1H3. The number of para-hydroxylation sites is 1. The fourth-order valence-electron chi connectivity index (χ4n) is 3.83. The molecule has 2 aliphatic heterocycles. The van der Waals surface area contributed by atoms with E-state index in [0.717, 1.165) is 18.7 Å². The highest BCUT2D eigenvalue weighted by Crippen LogP contribution is 2.38. The molecule has 1 unspecified atom stereocenters. The summed E-state index contributed by atoms with van der Waals surface area (Å²) in [5.41, 5.74) is 1.61. The van der Waals surface area contributed by atoms with Crippen molar-refractivity contribution >= 4 is 29.3 Å². The first-order valence-corrected chi connectivity index (χ1v) is 10.4. The molecule has 6 heteroatoms. The molecule has 1 aromatic carbocycles. The molecule has 2 aromatic rings. The van der Waals surface area contributed by atoms with Crippen LogP contribution < -0.4 is 4.90 Å². The fourth-order valence-corrected chi connectivity index (χ4v) is 4.95. The highest BCUT2D eigenvalue weighted by molar-refractivity contribution is 8.00. The maximum absolute atomic E-state index is 13.3. The first-order chi connectivity index (χ1) is 13.1. The number of thioether (sulfide) groups is 1. The molecule has 1 fully saturated rings. The van der Waals surface area contributed by atoms with Crippen molar-refractivity contribution in [1.29, 1.82) is 0 Å². The van der Waals surface area contributed by atoms with Crippen molar-refractivity contribution in [3.05, 3.63) is 48.4 Å². The second-order valence-corrected chi connectivity index (χ2v) is 8.73. The summed E-state index contributed by atoms with van der Waals surface area (Å²) in [6.45, 7) is 4.20. The molecular formula is C21H24N2O3S. The number of likely N-dealkylation sites (tertiary alicyclic amines) is 1. The molecule has 0 saturated carbocycles. The van der Waals surface area contributed by atoms with Crippen molar-refractivity contribution in [2.45, 2.75) is 36.3 Å². The van der Waals surface area contributed by atoms with Gasteiger partial charge in [-0.2, -0.15) is 0 Å². The van der Waals surface area contributed by atoms with E-state index in [1.807, 2.05) is 33.7 Å². The zero-order valence-corrected chi connectivity index (χ0v) is 16.3. The Kier molecular flexibility index (Phi) is 5.25. The van der Waals surface area contributed by atoms with Crippen LogP contribution in [-0.4, -0.2) is 41.6 Å². The van der Waals surface area contributed by atoms with Crippen LogP contribution in [0.5, 0.6) is 0 Å². The number of hydrogen-bond donors (Lipinski definition) is 0. The zero-order chi connectivity index (χ0) is 18.8. The molecular weight excluding hydrogens is 360 g/mol. The highest BCUT2D eigenvalue weighted by Gasteiger charge is 2.33. The normalized spacial score (nSPS) is 20.9. The molecule has 0 spiro atoms. The predicted molar refractivity (Wildman–Crippen MR) is 106 cm³/mol. The second kappa shape index (κ2) is 7.80. The fraction of sp³-hybridized carbons (Fsp3) is 0.429. The van der Waals surface area contributed by atoms with E-state index in [0.29, 0.717) is 36.7 Å². The van der Waals surface area contributed by atoms with E-state index in [1.54, 1.807) is 6.07 Å². The van der Waals surface area contributed by atoms with Crippen LogP contribution in [0.15, 0.2) is 52.2 Å². The van der Waals surface area contributed by atoms with E-state index in [9.17, 15) is 9.59 Å². The smallest absolute Gasteiger partial charge is 0.257 e. The number of carbonyl (C=O) groups is 2. The summed E-state index contributed by atoms with van der Waals surface area (Å²) in [6, 6.07) is 9.88. The van der Waals surface area contributed by atoms with Crippen LogP contribution in [0.2, 0.25) is 0 Å². The van der Waals surface area contributed by atoms with Crippen LogP contribution >= 0.6 is 11.8 Å².